The fraction of sp³-hybridized carbons (Fsp3) is 0. The van der Waals surface area contributed by atoms with Crippen molar-refractivity contribution in [2.45, 2.75) is 0 Å². The van der Waals surface area contributed by atoms with Gasteiger partial charge in [0.05, 0.1) is 0 Å². The van der Waals surface area contributed by atoms with E-state index < -0.39 is 21.5 Å². The Labute approximate surface area is 109 Å². The molecular weight excluding hydrogens is 432 g/mol. The zero-order chi connectivity index (χ0) is 9.14. The number of rotatable bonds is 2. The summed E-state index contributed by atoms with van der Waals surface area (Å²) in [6.45, 7) is 0. The summed E-state index contributed by atoms with van der Waals surface area (Å²) in [7, 11) is 0. The number of benzene rings is 1. The van der Waals surface area contributed by atoms with Crippen LogP contribution in [0.4, 0.5) is 5.69 Å². The topological polar surface area (TPSA) is 52.3 Å². The molecule has 13 heavy (non-hydrogen) atoms. The molecule has 0 aliphatic heterocycles. The van der Waals surface area contributed by atoms with E-state index in [0.717, 1.165) is 0 Å². The van der Waals surface area contributed by atoms with Crippen molar-refractivity contribution >= 4 is 71.5 Å². The minimum absolute atomic E-state index is 0. The predicted octanol–water partition coefficient (Wildman–Crippen LogP) is 2.56. The van der Waals surface area contributed by atoms with Crippen LogP contribution >= 0.6 is 44.3 Å². The zero-order valence-corrected chi connectivity index (χ0v) is 13.1. The monoisotopic (exact) mass is 436 g/mol. The Hall–Kier alpha value is 0.669. The average molecular weight is 437 g/mol. The summed E-state index contributed by atoms with van der Waals surface area (Å²) in [4.78, 5) is 0. The van der Waals surface area contributed by atoms with Crippen LogP contribution < -0.4 is 8.81 Å². The van der Waals surface area contributed by atoms with Crippen LogP contribution in [0, 0.1) is 0 Å². The Kier molecular flexibility index (Phi) is 6.53. The number of hydrogen-bond donors (Lipinski definition) is 1. The van der Waals surface area contributed by atoms with Crippen molar-refractivity contribution < 1.29 is 6.15 Å². The average Bonchev–Trinajstić information content (AvgIpc) is 1.96. The number of nitrogen functional groups attached to an aromatic ring is 1. The van der Waals surface area contributed by atoms with Crippen LogP contribution in [0.2, 0.25) is 0 Å². The number of halogens is 3. The first-order valence-corrected chi connectivity index (χ1v) is 6.85. The molecule has 2 N–H and O–H groups in total. The second-order valence-corrected chi connectivity index (χ2v) is 4.77. The van der Waals surface area contributed by atoms with Gasteiger partial charge in [-0.2, -0.15) is 0 Å². The third-order valence-corrected chi connectivity index (χ3v) is 3.16. The summed E-state index contributed by atoms with van der Waals surface area (Å²) in [5, 5.41) is 0. The van der Waals surface area contributed by atoms with Gasteiger partial charge < -0.3 is 0 Å². The molecule has 1 rings (SSSR count). The number of anilines is 1. The first-order chi connectivity index (χ1) is 5.65. The van der Waals surface area contributed by atoms with E-state index in [2.05, 4.69) is 31.9 Å². The summed E-state index contributed by atoms with van der Waals surface area (Å²) in [5.74, 6) is 0.561. The molecule has 0 aliphatic carbocycles. The van der Waals surface area contributed by atoms with Gasteiger partial charge in [-0.15, -0.1) is 12.4 Å². The van der Waals surface area contributed by atoms with E-state index in [-0.39, 0.29) is 12.4 Å². The maximum atomic E-state index is 10.4. The molecule has 0 heterocycles. The normalized spacial score (nSPS) is 8.77. The molecule has 7 heteroatoms. The van der Waals surface area contributed by atoms with E-state index in [4.69, 9.17) is 8.81 Å². The van der Waals surface area contributed by atoms with Crippen molar-refractivity contribution in [2.75, 3.05) is 5.73 Å². The molecule has 1 radical (unpaired) electrons. The molecule has 0 unspecified atom stereocenters. The summed E-state index contributed by atoms with van der Waals surface area (Å²) in [5.41, 5.74) is 6.17. The van der Waals surface area contributed by atoms with Gasteiger partial charge in [-0.3, -0.25) is 0 Å². The van der Waals surface area contributed by atoms with E-state index in [0.29, 0.717) is 20.4 Å². The van der Waals surface area contributed by atoms with Gasteiger partial charge in [0, 0.05) is 0 Å². The summed E-state index contributed by atoms with van der Waals surface area (Å²) in [6.07, 6.45) is 0. The van der Waals surface area contributed by atoms with E-state index >= 15 is 0 Å². The molecule has 1 aromatic carbocycles. The molecule has 1 aromatic rings. The van der Waals surface area contributed by atoms with Crippen LogP contribution in [-0.4, -0.2) is 21.5 Å². The molecule has 0 aliphatic rings. The third-order valence-electron chi connectivity index (χ3n) is 1.16. The van der Waals surface area contributed by atoms with Crippen LogP contribution in [0.3, 0.4) is 0 Å². The van der Waals surface area contributed by atoms with Gasteiger partial charge in [0.15, 0.2) is 0 Å². The van der Waals surface area contributed by atoms with Gasteiger partial charge in [-0.25, -0.2) is 0 Å². The SMILES string of the molecule is Cl.Nc1cc(Br)c([O][Sn]=[O])c(Br)c1. The van der Waals surface area contributed by atoms with Crippen molar-refractivity contribution in [1.29, 1.82) is 0 Å². The van der Waals surface area contributed by atoms with Gasteiger partial charge in [-0.05, 0) is 0 Å². The van der Waals surface area contributed by atoms with E-state index in [1.807, 2.05) is 0 Å². The Bertz CT molecular complexity index is 300. The van der Waals surface area contributed by atoms with Crippen molar-refractivity contribution in [2.24, 2.45) is 0 Å². The van der Waals surface area contributed by atoms with Crippen LogP contribution in [0.1, 0.15) is 0 Å². The van der Waals surface area contributed by atoms with Crippen LogP contribution in [0.15, 0.2) is 21.1 Å². The first kappa shape index (κ1) is 13.7. The van der Waals surface area contributed by atoms with Gasteiger partial charge in [0.25, 0.3) is 0 Å². The molecule has 71 valence electrons. The summed E-state index contributed by atoms with van der Waals surface area (Å²) < 4.78 is 16.8. The molecule has 3 nitrogen and oxygen atoms in total. The molecule has 0 saturated carbocycles. The maximum absolute atomic E-state index is 10.4. The second-order valence-electron chi connectivity index (χ2n) is 2.00. The molecule has 0 fully saturated rings. The van der Waals surface area contributed by atoms with Gasteiger partial charge in [0.2, 0.25) is 0 Å². The fourth-order valence-electron chi connectivity index (χ4n) is 0.719. The Morgan fingerprint density at radius 2 is 1.77 bits per heavy atom. The molecule has 0 saturated heterocycles. The van der Waals surface area contributed by atoms with Crippen molar-refractivity contribution in [3.8, 4) is 5.75 Å². The first-order valence-electron chi connectivity index (χ1n) is 2.93. The molecule has 0 atom stereocenters. The van der Waals surface area contributed by atoms with Gasteiger partial charge >= 0.3 is 97.8 Å². The van der Waals surface area contributed by atoms with Crippen LogP contribution in [0.25, 0.3) is 0 Å². The Balaban J connectivity index is 0.00000144. The zero-order valence-electron chi connectivity index (χ0n) is 6.21. The fourth-order valence-corrected chi connectivity index (χ4v) is 3.82. The van der Waals surface area contributed by atoms with Crippen LogP contribution in [0.5, 0.6) is 5.75 Å². The van der Waals surface area contributed by atoms with Gasteiger partial charge in [-0.1, -0.05) is 0 Å². The second kappa shape index (κ2) is 6.21. The van der Waals surface area contributed by atoms with E-state index in [9.17, 15) is 3.08 Å². The Morgan fingerprint density at radius 1 is 1.31 bits per heavy atom. The van der Waals surface area contributed by atoms with Crippen LogP contribution in [-0.2, 0) is 3.08 Å². The third kappa shape index (κ3) is 3.73. The Morgan fingerprint density at radius 3 is 2.15 bits per heavy atom. The summed E-state index contributed by atoms with van der Waals surface area (Å²) in [6, 6.07) is 3.41. The molecule has 0 aromatic heterocycles. The van der Waals surface area contributed by atoms with E-state index in [1.165, 1.54) is 0 Å². The number of hydrogen-bond acceptors (Lipinski definition) is 3. The number of nitrogens with two attached hydrogens (primary N) is 1. The predicted molar refractivity (Wildman–Crippen MR) is 60.6 cm³/mol. The quantitative estimate of drug-likeness (QED) is 0.572. The molecule has 0 bridgehead atoms. The van der Waals surface area contributed by atoms with Crippen molar-refractivity contribution in [3.63, 3.8) is 0 Å². The molecule has 0 amide bonds. The minimum atomic E-state index is -1.93. The molecular formula is C6H5Br2ClNO2Sn. The molecule has 0 spiro atoms. The van der Waals surface area contributed by atoms with Gasteiger partial charge in [0.1, 0.15) is 0 Å². The standard InChI is InChI=1S/C6H5Br2NO.ClH.O.Sn/c7-4-1-3(9)2-5(8)6(4)10;;;/h1-2,10H,9H2;1H;;/q;;;+1/p-1. The summed E-state index contributed by atoms with van der Waals surface area (Å²) >= 11 is 4.57. The van der Waals surface area contributed by atoms with E-state index in [1.54, 1.807) is 12.1 Å². The van der Waals surface area contributed by atoms with Crippen molar-refractivity contribution in [1.82, 2.24) is 0 Å². The van der Waals surface area contributed by atoms with Crippen molar-refractivity contribution in [3.05, 3.63) is 21.1 Å².